The van der Waals surface area contributed by atoms with Gasteiger partial charge in [0.1, 0.15) is 5.75 Å². The Balaban J connectivity index is 1.88. The molecule has 2 amide bonds. The summed E-state index contributed by atoms with van der Waals surface area (Å²) in [6.45, 7) is 9.19. The van der Waals surface area contributed by atoms with Crippen molar-refractivity contribution >= 4 is 27.5 Å². The lowest BCUT2D eigenvalue weighted by molar-refractivity contribution is -0.136. The Morgan fingerprint density at radius 3 is 2.60 bits per heavy atom. The zero-order chi connectivity index (χ0) is 22.1. The summed E-state index contributed by atoms with van der Waals surface area (Å²) in [6, 6.07) is 3.13. The molecule has 2 aliphatic rings. The fourth-order valence-electron chi connectivity index (χ4n) is 4.13. The summed E-state index contributed by atoms with van der Waals surface area (Å²) in [4.78, 5) is 26.7. The summed E-state index contributed by atoms with van der Waals surface area (Å²) in [6.07, 6.45) is 1.19. The molecule has 0 spiro atoms. The number of fused-ring (bicyclic) bond motifs is 1. The van der Waals surface area contributed by atoms with Gasteiger partial charge in [-0.05, 0) is 51.7 Å². The van der Waals surface area contributed by atoms with Gasteiger partial charge in [-0.1, -0.05) is 6.92 Å². The zero-order valence-electron chi connectivity index (χ0n) is 18.1. The molecule has 1 N–H and O–H groups in total. The third-order valence-corrected chi connectivity index (χ3v) is 7.90. The van der Waals surface area contributed by atoms with Crippen LogP contribution in [0.15, 0.2) is 17.0 Å². The third kappa shape index (κ3) is 4.18. The van der Waals surface area contributed by atoms with Gasteiger partial charge in [-0.3, -0.25) is 9.59 Å². The van der Waals surface area contributed by atoms with E-state index < -0.39 is 16.1 Å². The second-order valence-electron chi connectivity index (χ2n) is 7.83. The Bertz CT molecular complexity index is 927. The first kappa shape index (κ1) is 22.6. The molecule has 3 rings (SSSR count). The monoisotopic (exact) mass is 437 g/mol. The highest BCUT2D eigenvalue weighted by Crippen LogP contribution is 2.36. The normalized spacial score (nSPS) is 22.1. The van der Waals surface area contributed by atoms with Crippen LogP contribution in [0.5, 0.6) is 5.75 Å². The number of carbonyl (C=O) groups is 2. The Morgan fingerprint density at radius 2 is 1.97 bits per heavy atom. The second-order valence-corrected chi connectivity index (χ2v) is 9.74. The Morgan fingerprint density at radius 1 is 1.27 bits per heavy atom. The molecule has 9 heteroatoms. The van der Waals surface area contributed by atoms with Crippen LogP contribution < -0.4 is 10.1 Å². The SMILES string of the molecule is CC[C@@H]1Oc2cc(S(=O)(=O)N3CCC[C@@H](C(=O)N(CC)CC)C3)c(C)cc2NC1=O. The van der Waals surface area contributed by atoms with E-state index in [1.54, 1.807) is 17.9 Å². The van der Waals surface area contributed by atoms with E-state index in [0.717, 1.165) is 0 Å². The predicted molar refractivity (Wildman–Crippen MR) is 114 cm³/mol. The van der Waals surface area contributed by atoms with Crippen molar-refractivity contribution in [1.82, 2.24) is 9.21 Å². The number of piperidine rings is 1. The number of sulfonamides is 1. The van der Waals surface area contributed by atoms with E-state index >= 15 is 0 Å². The number of rotatable bonds is 6. The number of benzene rings is 1. The first-order valence-electron chi connectivity index (χ1n) is 10.6. The van der Waals surface area contributed by atoms with Crippen molar-refractivity contribution in [2.75, 3.05) is 31.5 Å². The molecule has 166 valence electrons. The highest BCUT2D eigenvalue weighted by molar-refractivity contribution is 7.89. The van der Waals surface area contributed by atoms with Crippen molar-refractivity contribution in [2.45, 2.75) is 58.0 Å². The molecule has 0 radical (unpaired) electrons. The summed E-state index contributed by atoms with van der Waals surface area (Å²) in [7, 11) is -3.80. The molecule has 1 aromatic carbocycles. The lowest BCUT2D eigenvalue weighted by Gasteiger charge is -2.34. The van der Waals surface area contributed by atoms with Gasteiger partial charge in [0, 0.05) is 32.2 Å². The molecule has 1 aromatic rings. The number of anilines is 1. The van der Waals surface area contributed by atoms with Crippen LogP contribution >= 0.6 is 0 Å². The average Bonchev–Trinajstić information content (AvgIpc) is 2.73. The van der Waals surface area contributed by atoms with Crippen molar-refractivity contribution in [3.05, 3.63) is 17.7 Å². The third-order valence-electron chi connectivity index (χ3n) is 5.89. The van der Waals surface area contributed by atoms with Crippen molar-refractivity contribution < 1.29 is 22.7 Å². The summed E-state index contributed by atoms with van der Waals surface area (Å²) in [5.74, 6) is -0.183. The van der Waals surface area contributed by atoms with Crippen LogP contribution in [-0.2, 0) is 19.6 Å². The lowest BCUT2D eigenvalue weighted by atomic mass is 9.98. The minimum Gasteiger partial charge on any atom is -0.478 e. The van der Waals surface area contributed by atoms with Gasteiger partial charge in [0.25, 0.3) is 5.91 Å². The fourth-order valence-corrected chi connectivity index (χ4v) is 5.87. The maximum atomic E-state index is 13.4. The molecule has 0 bridgehead atoms. The van der Waals surface area contributed by atoms with E-state index in [4.69, 9.17) is 4.74 Å². The van der Waals surface area contributed by atoms with Crippen LogP contribution in [-0.4, -0.2) is 61.7 Å². The van der Waals surface area contributed by atoms with Gasteiger partial charge in [-0.15, -0.1) is 0 Å². The second kappa shape index (κ2) is 8.93. The maximum absolute atomic E-state index is 13.4. The van der Waals surface area contributed by atoms with Crippen molar-refractivity contribution in [3.63, 3.8) is 0 Å². The topological polar surface area (TPSA) is 96.0 Å². The fraction of sp³-hybridized carbons (Fsp3) is 0.619. The first-order valence-corrected chi connectivity index (χ1v) is 12.1. The van der Waals surface area contributed by atoms with E-state index in [0.29, 0.717) is 55.9 Å². The highest BCUT2D eigenvalue weighted by atomic mass is 32.2. The largest absolute Gasteiger partial charge is 0.478 e. The summed E-state index contributed by atoms with van der Waals surface area (Å²) in [5, 5.41) is 2.78. The number of amides is 2. The van der Waals surface area contributed by atoms with Gasteiger partial charge in [-0.2, -0.15) is 4.31 Å². The molecule has 1 saturated heterocycles. The van der Waals surface area contributed by atoms with Crippen LogP contribution in [0.1, 0.15) is 45.6 Å². The maximum Gasteiger partial charge on any atom is 0.265 e. The summed E-state index contributed by atoms with van der Waals surface area (Å²) >= 11 is 0. The number of nitrogens with zero attached hydrogens (tertiary/aromatic N) is 2. The number of hydrogen-bond acceptors (Lipinski definition) is 5. The van der Waals surface area contributed by atoms with Gasteiger partial charge in [0.15, 0.2) is 6.10 Å². The van der Waals surface area contributed by atoms with Gasteiger partial charge in [0.2, 0.25) is 15.9 Å². The molecule has 0 aromatic heterocycles. The van der Waals surface area contributed by atoms with E-state index in [-0.39, 0.29) is 29.2 Å². The molecule has 2 atom stereocenters. The quantitative estimate of drug-likeness (QED) is 0.737. The van der Waals surface area contributed by atoms with Gasteiger partial charge >= 0.3 is 0 Å². The zero-order valence-corrected chi connectivity index (χ0v) is 18.9. The molecule has 0 saturated carbocycles. The molecular formula is C21H31N3O5S. The van der Waals surface area contributed by atoms with Crippen molar-refractivity contribution in [1.29, 1.82) is 0 Å². The summed E-state index contributed by atoms with van der Waals surface area (Å²) < 4.78 is 34.0. The van der Waals surface area contributed by atoms with Crippen molar-refractivity contribution in [2.24, 2.45) is 5.92 Å². The number of carbonyl (C=O) groups excluding carboxylic acids is 2. The molecule has 2 heterocycles. The van der Waals surface area contributed by atoms with Crippen LogP contribution in [0.4, 0.5) is 5.69 Å². The molecular weight excluding hydrogens is 406 g/mol. The lowest BCUT2D eigenvalue weighted by Crippen LogP contribution is -2.46. The molecule has 0 unspecified atom stereocenters. The number of ether oxygens (including phenoxy) is 1. The Labute approximate surface area is 178 Å². The number of nitrogens with one attached hydrogen (secondary N) is 1. The van der Waals surface area contributed by atoms with Crippen LogP contribution in [0.2, 0.25) is 0 Å². The molecule has 2 aliphatic heterocycles. The standard InChI is InChI=1S/C21H31N3O5S/c1-5-17-20(25)22-16-11-14(4)19(12-18(16)29-17)30(27,28)24-10-8-9-15(13-24)21(26)23(6-2)7-3/h11-12,15,17H,5-10,13H2,1-4H3,(H,22,25)/t15-,17+/m1/s1. The van der Waals surface area contributed by atoms with E-state index in [1.165, 1.54) is 10.4 Å². The van der Waals surface area contributed by atoms with E-state index in [9.17, 15) is 18.0 Å². The molecule has 1 fully saturated rings. The smallest absolute Gasteiger partial charge is 0.265 e. The van der Waals surface area contributed by atoms with Crippen LogP contribution in [0.3, 0.4) is 0 Å². The summed E-state index contributed by atoms with van der Waals surface area (Å²) in [5.41, 5.74) is 1.01. The average molecular weight is 438 g/mol. The Hall–Kier alpha value is -2.13. The Kier molecular flexibility index (Phi) is 6.71. The van der Waals surface area contributed by atoms with Crippen molar-refractivity contribution in [3.8, 4) is 5.75 Å². The van der Waals surface area contributed by atoms with E-state index in [1.807, 2.05) is 20.8 Å². The van der Waals surface area contributed by atoms with E-state index in [2.05, 4.69) is 5.32 Å². The number of hydrogen-bond donors (Lipinski definition) is 1. The number of aryl methyl sites for hydroxylation is 1. The molecule has 30 heavy (non-hydrogen) atoms. The van der Waals surface area contributed by atoms with Gasteiger partial charge in [-0.25, -0.2) is 8.42 Å². The minimum atomic E-state index is -3.80. The van der Waals surface area contributed by atoms with Crippen LogP contribution in [0.25, 0.3) is 0 Å². The molecule has 0 aliphatic carbocycles. The van der Waals surface area contributed by atoms with Gasteiger partial charge < -0.3 is 15.0 Å². The van der Waals surface area contributed by atoms with Gasteiger partial charge in [0.05, 0.1) is 16.5 Å². The highest BCUT2D eigenvalue weighted by Gasteiger charge is 2.36. The predicted octanol–water partition coefficient (Wildman–Crippen LogP) is 2.37. The molecule has 8 nitrogen and oxygen atoms in total. The minimum absolute atomic E-state index is 0.0129. The van der Waals surface area contributed by atoms with Crippen LogP contribution in [0, 0.1) is 12.8 Å². The first-order chi connectivity index (χ1) is 14.2.